The molecule has 2 amide bonds. The fourth-order valence-electron chi connectivity index (χ4n) is 2.31. The molecule has 0 unspecified atom stereocenters. The van der Waals surface area contributed by atoms with Crippen molar-refractivity contribution in [2.45, 2.75) is 60.3 Å². The lowest BCUT2D eigenvalue weighted by atomic mass is 9.88. The van der Waals surface area contributed by atoms with E-state index in [2.05, 4.69) is 39.9 Å². The summed E-state index contributed by atoms with van der Waals surface area (Å²) in [6, 6.07) is 0.0583. The molecule has 0 aromatic rings. The summed E-state index contributed by atoms with van der Waals surface area (Å²) in [6.45, 7) is 12.7. The van der Waals surface area contributed by atoms with Crippen LogP contribution >= 0.6 is 0 Å². The lowest BCUT2D eigenvalue weighted by Gasteiger charge is -2.30. The molecule has 0 aromatic heterocycles. The van der Waals surface area contributed by atoms with Gasteiger partial charge in [0.1, 0.15) is 0 Å². The molecule has 0 saturated carbocycles. The maximum absolute atomic E-state index is 11.9. The monoisotopic (exact) mass is 256 g/mol. The second-order valence-electron chi connectivity index (χ2n) is 6.54. The minimum atomic E-state index is 0.0583. The number of urea groups is 1. The fourth-order valence-corrected chi connectivity index (χ4v) is 2.31. The van der Waals surface area contributed by atoms with Gasteiger partial charge in [0.15, 0.2) is 0 Å². The molecule has 3 heteroatoms. The number of carbonyl (C=O) groups is 1. The fraction of sp³-hybridized carbons (Fsp3) is 0.933. The lowest BCUT2D eigenvalue weighted by Crippen LogP contribution is -2.42. The van der Waals surface area contributed by atoms with Gasteiger partial charge in [0.25, 0.3) is 0 Å². The quantitative estimate of drug-likeness (QED) is 0.657. The summed E-state index contributed by atoms with van der Waals surface area (Å²) in [5.74, 6) is 0.711. The molecule has 0 aliphatic carbocycles. The maximum atomic E-state index is 11.9. The molecule has 108 valence electrons. The number of amides is 2. The number of hydrogen-bond acceptors (Lipinski definition) is 1. The van der Waals surface area contributed by atoms with Crippen LogP contribution in [-0.4, -0.2) is 31.1 Å². The Bertz CT molecular complexity index is 237. The minimum Gasteiger partial charge on any atom is -0.338 e. The second kappa shape index (κ2) is 8.39. The van der Waals surface area contributed by atoms with Gasteiger partial charge in [0.2, 0.25) is 0 Å². The summed E-state index contributed by atoms with van der Waals surface area (Å²) >= 11 is 0. The summed E-state index contributed by atoms with van der Waals surface area (Å²) in [5, 5.41) is 2.99. The highest BCUT2D eigenvalue weighted by molar-refractivity contribution is 5.73. The first-order valence-electron chi connectivity index (χ1n) is 7.27. The molecule has 0 fully saturated rings. The third-order valence-electron chi connectivity index (χ3n) is 3.17. The third kappa shape index (κ3) is 8.37. The Hall–Kier alpha value is -0.730. The van der Waals surface area contributed by atoms with E-state index in [0.29, 0.717) is 5.92 Å². The van der Waals surface area contributed by atoms with Crippen molar-refractivity contribution in [1.29, 1.82) is 0 Å². The highest BCUT2D eigenvalue weighted by Crippen LogP contribution is 2.22. The van der Waals surface area contributed by atoms with E-state index in [1.165, 1.54) is 6.42 Å². The first-order chi connectivity index (χ1) is 8.28. The zero-order valence-electron chi connectivity index (χ0n) is 13.2. The van der Waals surface area contributed by atoms with Crippen molar-refractivity contribution in [3.8, 4) is 0 Å². The molecule has 0 heterocycles. The summed E-state index contributed by atoms with van der Waals surface area (Å²) in [6.07, 6.45) is 4.55. The van der Waals surface area contributed by atoms with Crippen molar-refractivity contribution in [2.75, 3.05) is 20.1 Å². The number of nitrogens with zero attached hydrogens (tertiary/aromatic N) is 1. The molecule has 3 nitrogen and oxygen atoms in total. The largest absolute Gasteiger partial charge is 0.338 e. The molecule has 0 aliphatic heterocycles. The first kappa shape index (κ1) is 17.3. The highest BCUT2D eigenvalue weighted by Gasteiger charge is 2.21. The Labute approximate surface area is 113 Å². The Morgan fingerprint density at radius 2 is 1.94 bits per heavy atom. The van der Waals surface area contributed by atoms with Crippen LogP contribution < -0.4 is 5.32 Å². The van der Waals surface area contributed by atoms with E-state index < -0.39 is 0 Å². The van der Waals surface area contributed by atoms with Gasteiger partial charge in [-0.2, -0.15) is 0 Å². The maximum Gasteiger partial charge on any atom is 0.317 e. The van der Waals surface area contributed by atoms with E-state index in [4.69, 9.17) is 0 Å². The van der Waals surface area contributed by atoms with E-state index in [-0.39, 0.29) is 11.4 Å². The second-order valence-corrected chi connectivity index (χ2v) is 6.54. The van der Waals surface area contributed by atoms with Gasteiger partial charge < -0.3 is 10.2 Å². The average Bonchev–Trinajstić information content (AvgIpc) is 2.22. The molecule has 0 aromatic carbocycles. The van der Waals surface area contributed by atoms with Crippen LogP contribution in [0.25, 0.3) is 0 Å². The number of carbonyl (C=O) groups excluding carboxylic acids is 1. The van der Waals surface area contributed by atoms with Crippen LogP contribution in [0.4, 0.5) is 4.79 Å². The normalized spacial score (nSPS) is 11.7. The number of rotatable bonds is 8. The summed E-state index contributed by atoms with van der Waals surface area (Å²) in [7, 11) is 1.88. The predicted molar refractivity (Wildman–Crippen MR) is 78.8 cm³/mol. The lowest BCUT2D eigenvalue weighted by molar-refractivity contribution is 0.177. The van der Waals surface area contributed by atoms with Crippen LogP contribution in [0.3, 0.4) is 0 Å². The molecule has 0 radical (unpaired) electrons. The van der Waals surface area contributed by atoms with Crippen LogP contribution in [0.1, 0.15) is 60.3 Å². The van der Waals surface area contributed by atoms with Crippen LogP contribution in [0, 0.1) is 11.3 Å². The Kier molecular flexibility index (Phi) is 8.05. The molecule has 0 spiro atoms. The van der Waals surface area contributed by atoms with Crippen LogP contribution in [0.5, 0.6) is 0 Å². The Morgan fingerprint density at radius 1 is 1.33 bits per heavy atom. The molecule has 0 aliphatic rings. The van der Waals surface area contributed by atoms with Gasteiger partial charge >= 0.3 is 6.03 Å². The van der Waals surface area contributed by atoms with Gasteiger partial charge in [-0.05, 0) is 30.6 Å². The van der Waals surface area contributed by atoms with Gasteiger partial charge in [0.05, 0.1) is 0 Å². The van der Waals surface area contributed by atoms with Crippen molar-refractivity contribution >= 4 is 6.03 Å². The molecule has 0 saturated heterocycles. The topological polar surface area (TPSA) is 32.3 Å². The molecule has 0 bridgehead atoms. The van der Waals surface area contributed by atoms with Crippen molar-refractivity contribution in [1.82, 2.24) is 10.2 Å². The number of nitrogens with one attached hydrogen (secondary N) is 1. The van der Waals surface area contributed by atoms with Gasteiger partial charge in [0, 0.05) is 20.1 Å². The molecule has 1 N–H and O–H groups in total. The van der Waals surface area contributed by atoms with Gasteiger partial charge in [-0.1, -0.05) is 41.0 Å². The Morgan fingerprint density at radius 3 is 2.44 bits per heavy atom. The molecular formula is C15H32N2O. The average molecular weight is 256 g/mol. The van der Waals surface area contributed by atoms with E-state index in [1.807, 2.05) is 11.9 Å². The van der Waals surface area contributed by atoms with Crippen LogP contribution in [0.15, 0.2) is 0 Å². The highest BCUT2D eigenvalue weighted by atomic mass is 16.2. The smallest absolute Gasteiger partial charge is 0.317 e. The van der Waals surface area contributed by atoms with E-state index in [9.17, 15) is 4.79 Å². The summed E-state index contributed by atoms with van der Waals surface area (Å²) in [5.41, 5.74) is 0.207. The molecule has 18 heavy (non-hydrogen) atoms. The van der Waals surface area contributed by atoms with Crippen molar-refractivity contribution < 1.29 is 4.79 Å². The minimum absolute atomic E-state index is 0.0583. The van der Waals surface area contributed by atoms with Crippen LogP contribution in [0.2, 0.25) is 0 Å². The van der Waals surface area contributed by atoms with E-state index >= 15 is 0 Å². The van der Waals surface area contributed by atoms with E-state index in [0.717, 1.165) is 32.4 Å². The van der Waals surface area contributed by atoms with Crippen molar-refractivity contribution in [3.63, 3.8) is 0 Å². The molecule has 0 rings (SSSR count). The summed E-state index contributed by atoms with van der Waals surface area (Å²) in [4.78, 5) is 13.7. The van der Waals surface area contributed by atoms with Gasteiger partial charge in [-0.25, -0.2) is 4.79 Å². The number of hydrogen-bond donors (Lipinski definition) is 1. The molecular weight excluding hydrogens is 224 g/mol. The summed E-state index contributed by atoms with van der Waals surface area (Å²) < 4.78 is 0. The third-order valence-corrected chi connectivity index (χ3v) is 3.17. The van der Waals surface area contributed by atoms with Crippen molar-refractivity contribution in [3.05, 3.63) is 0 Å². The zero-order chi connectivity index (χ0) is 14.2. The first-order valence-corrected chi connectivity index (χ1v) is 7.27. The van der Waals surface area contributed by atoms with Crippen LogP contribution in [-0.2, 0) is 0 Å². The SMILES string of the molecule is CCCC(C)(C)CN(C)C(=O)NCCCC(C)C. The van der Waals surface area contributed by atoms with Gasteiger partial charge in [-0.3, -0.25) is 0 Å². The molecule has 0 atom stereocenters. The Balaban J connectivity index is 3.89. The standard InChI is InChI=1S/C15H32N2O/c1-7-10-15(4,5)12-17(6)14(18)16-11-8-9-13(2)3/h13H,7-12H2,1-6H3,(H,16,18). The predicted octanol–water partition coefficient (Wildman–Crippen LogP) is 3.89. The van der Waals surface area contributed by atoms with Gasteiger partial charge in [-0.15, -0.1) is 0 Å². The van der Waals surface area contributed by atoms with E-state index in [1.54, 1.807) is 0 Å². The zero-order valence-corrected chi connectivity index (χ0v) is 13.2. The van der Waals surface area contributed by atoms with Crippen molar-refractivity contribution in [2.24, 2.45) is 11.3 Å².